The largest absolute Gasteiger partial charge is 0.376 e. The molecule has 0 aromatic carbocycles. The van der Waals surface area contributed by atoms with E-state index in [0.29, 0.717) is 0 Å². The molecular weight excluding hydrogens is 138 g/mol. The summed E-state index contributed by atoms with van der Waals surface area (Å²) in [7, 11) is 3.21. The van der Waals surface area contributed by atoms with Crippen molar-refractivity contribution in [2.45, 2.75) is 0 Å². The Kier molecular flexibility index (Phi) is 2.94. The van der Waals surface area contributed by atoms with Crippen LogP contribution < -0.4 is 11.1 Å². The second-order valence-electron chi connectivity index (χ2n) is 1.69. The molecule has 0 fully saturated rings. The molecule has 0 aliphatic rings. The number of nitrogens with zero attached hydrogens (tertiary/aromatic N) is 1. The first kappa shape index (κ1) is 8.16. The van der Waals surface area contributed by atoms with Crippen molar-refractivity contribution in [1.29, 1.82) is 0 Å². The molecule has 2 amide bonds. The Hall–Kier alpha value is -0.840. The molecule has 52 valence electrons. The van der Waals surface area contributed by atoms with Crippen LogP contribution in [0.15, 0.2) is 0 Å². The summed E-state index contributed by atoms with van der Waals surface area (Å²) in [5.74, 6) is 0. The zero-order chi connectivity index (χ0) is 7.44. The van der Waals surface area contributed by atoms with E-state index in [1.807, 2.05) is 0 Å². The first-order valence-corrected chi connectivity index (χ1v) is 2.72. The third-order valence-corrected chi connectivity index (χ3v) is 0.738. The van der Waals surface area contributed by atoms with Crippen molar-refractivity contribution in [2.24, 2.45) is 5.73 Å². The van der Waals surface area contributed by atoms with Gasteiger partial charge in [-0.25, -0.2) is 4.79 Å². The first-order chi connectivity index (χ1) is 4.04. The van der Waals surface area contributed by atoms with Crippen LogP contribution in [-0.2, 0) is 0 Å². The Morgan fingerprint density at radius 1 is 1.67 bits per heavy atom. The Labute approximate surface area is 59.0 Å². The van der Waals surface area contributed by atoms with Crippen molar-refractivity contribution in [2.75, 3.05) is 14.1 Å². The number of carbonyl (C=O) groups excluding carboxylic acids is 1. The fourth-order valence-corrected chi connectivity index (χ4v) is 0.305. The molecule has 0 radical (unpaired) electrons. The van der Waals surface area contributed by atoms with Crippen LogP contribution in [0.5, 0.6) is 0 Å². The molecule has 0 atom stereocenters. The van der Waals surface area contributed by atoms with Crippen LogP contribution in [0, 0.1) is 0 Å². The van der Waals surface area contributed by atoms with E-state index in [1.54, 1.807) is 14.1 Å². The summed E-state index contributed by atoms with van der Waals surface area (Å²) >= 11 is 4.41. The van der Waals surface area contributed by atoms with Crippen LogP contribution in [-0.4, -0.2) is 30.1 Å². The molecule has 0 saturated heterocycles. The molecule has 0 saturated carbocycles. The number of rotatable bonds is 0. The number of nitrogens with two attached hydrogens (primary N) is 1. The lowest BCUT2D eigenvalue weighted by molar-refractivity contribution is 0.222. The quantitative estimate of drug-likeness (QED) is 0.454. The Morgan fingerprint density at radius 3 is 2.22 bits per heavy atom. The molecule has 0 heterocycles. The highest BCUT2D eigenvalue weighted by Crippen LogP contribution is 1.74. The van der Waals surface area contributed by atoms with Gasteiger partial charge in [0.05, 0.1) is 0 Å². The summed E-state index contributed by atoms with van der Waals surface area (Å²) in [4.78, 5) is 11.9. The lowest BCUT2D eigenvalue weighted by Crippen LogP contribution is -2.41. The van der Waals surface area contributed by atoms with E-state index in [2.05, 4.69) is 17.5 Å². The molecule has 0 aromatic rings. The summed E-state index contributed by atoms with van der Waals surface area (Å²) in [5.41, 5.74) is 5.00. The highest BCUT2D eigenvalue weighted by Gasteiger charge is 2.00. The molecule has 0 unspecified atom stereocenters. The fraction of sp³-hybridized carbons (Fsp3) is 0.500. The van der Waals surface area contributed by atoms with Gasteiger partial charge in [0.1, 0.15) is 0 Å². The maximum atomic E-state index is 10.6. The van der Waals surface area contributed by atoms with Crippen LogP contribution in [0.3, 0.4) is 0 Å². The van der Waals surface area contributed by atoms with Gasteiger partial charge in [0.15, 0.2) is 5.11 Å². The highest BCUT2D eigenvalue weighted by molar-refractivity contribution is 7.80. The second-order valence-corrected chi connectivity index (χ2v) is 2.13. The molecular formula is C4H9N3OS. The van der Waals surface area contributed by atoms with Gasteiger partial charge in [0.2, 0.25) is 0 Å². The zero-order valence-corrected chi connectivity index (χ0v) is 6.16. The van der Waals surface area contributed by atoms with Gasteiger partial charge in [-0.05, 0) is 12.2 Å². The fourth-order valence-electron chi connectivity index (χ4n) is 0.217. The van der Waals surface area contributed by atoms with Crippen molar-refractivity contribution in [1.82, 2.24) is 10.2 Å². The molecule has 4 nitrogen and oxygen atoms in total. The van der Waals surface area contributed by atoms with Gasteiger partial charge in [0.25, 0.3) is 0 Å². The monoisotopic (exact) mass is 147 g/mol. The van der Waals surface area contributed by atoms with Gasteiger partial charge in [0, 0.05) is 14.1 Å². The Morgan fingerprint density at radius 2 is 2.11 bits per heavy atom. The molecule has 9 heavy (non-hydrogen) atoms. The average Bonchev–Trinajstić information content (AvgIpc) is 1.63. The van der Waals surface area contributed by atoms with Crippen LogP contribution >= 0.6 is 12.2 Å². The molecule has 0 bridgehead atoms. The lowest BCUT2D eigenvalue weighted by atomic mass is 10.8. The Bertz CT molecular complexity index is 134. The summed E-state index contributed by atoms with van der Waals surface area (Å²) in [6, 6.07) is -0.303. The van der Waals surface area contributed by atoms with E-state index >= 15 is 0 Å². The van der Waals surface area contributed by atoms with E-state index in [0.717, 1.165) is 0 Å². The molecule has 0 aliphatic carbocycles. The zero-order valence-electron chi connectivity index (χ0n) is 5.34. The number of urea groups is 1. The van der Waals surface area contributed by atoms with Gasteiger partial charge < -0.3 is 10.6 Å². The minimum atomic E-state index is -0.303. The minimum absolute atomic E-state index is 0.00583. The SMILES string of the molecule is CN(C)C(=O)NC(N)=S. The van der Waals surface area contributed by atoms with Gasteiger partial charge in [-0.2, -0.15) is 0 Å². The first-order valence-electron chi connectivity index (χ1n) is 2.31. The maximum Gasteiger partial charge on any atom is 0.323 e. The lowest BCUT2D eigenvalue weighted by Gasteiger charge is -2.09. The summed E-state index contributed by atoms with van der Waals surface area (Å²) in [5, 5.41) is 2.23. The topological polar surface area (TPSA) is 58.4 Å². The number of thiocarbonyl (C=S) groups is 1. The third-order valence-electron chi connectivity index (χ3n) is 0.636. The predicted molar refractivity (Wildman–Crippen MR) is 39.0 cm³/mol. The number of amides is 2. The normalized spacial score (nSPS) is 8.22. The van der Waals surface area contributed by atoms with E-state index < -0.39 is 0 Å². The van der Waals surface area contributed by atoms with Gasteiger partial charge in [-0.15, -0.1) is 0 Å². The smallest absolute Gasteiger partial charge is 0.323 e. The van der Waals surface area contributed by atoms with E-state index in [1.165, 1.54) is 4.90 Å². The van der Waals surface area contributed by atoms with Crippen molar-refractivity contribution in [3.63, 3.8) is 0 Å². The van der Waals surface area contributed by atoms with Gasteiger partial charge >= 0.3 is 6.03 Å². The van der Waals surface area contributed by atoms with E-state index in [4.69, 9.17) is 5.73 Å². The maximum absolute atomic E-state index is 10.6. The molecule has 0 aliphatic heterocycles. The number of nitrogens with one attached hydrogen (secondary N) is 1. The molecule has 0 spiro atoms. The molecule has 0 rings (SSSR count). The van der Waals surface area contributed by atoms with Crippen molar-refractivity contribution in [3.05, 3.63) is 0 Å². The van der Waals surface area contributed by atoms with Crippen molar-refractivity contribution in [3.8, 4) is 0 Å². The molecule has 5 heteroatoms. The van der Waals surface area contributed by atoms with Gasteiger partial charge in [-0.1, -0.05) is 0 Å². The predicted octanol–water partition coefficient (Wildman–Crippen LogP) is -0.499. The van der Waals surface area contributed by atoms with Crippen molar-refractivity contribution >= 4 is 23.4 Å². The minimum Gasteiger partial charge on any atom is -0.376 e. The summed E-state index contributed by atoms with van der Waals surface area (Å²) < 4.78 is 0. The van der Waals surface area contributed by atoms with Gasteiger partial charge in [-0.3, -0.25) is 5.32 Å². The van der Waals surface area contributed by atoms with Crippen LogP contribution in [0.1, 0.15) is 0 Å². The number of hydrogen-bond acceptors (Lipinski definition) is 2. The standard InChI is InChI=1S/C4H9N3OS/c1-7(2)4(8)6-3(5)9/h1-2H3,(H3,5,6,8,9). The summed E-state index contributed by atoms with van der Waals surface area (Å²) in [6.07, 6.45) is 0. The van der Waals surface area contributed by atoms with Crippen LogP contribution in [0.4, 0.5) is 4.79 Å². The summed E-state index contributed by atoms with van der Waals surface area (Å²) in [6.45, 7) is 0. The third kappa shape index (κ3) is 3.72. The average molecular weight is 147 g/mol. The van der Waals surface area contributed by atoms with Crippen LogP contribution in [0.25, 0.3) is 0 Å². The van der Waals surface area contributed by atoms with E-state index in [9.17, 15) is 4.79 Å². The number of hydrogen-bond donors (Lipinski definition) is 2. The van der Waals surface area contributed by atoms with E-state index in [-0.39, 0.29) is 11.1 Å². The molecule has 3 N–H and O–H groups in total. The van der Waals surface area contributed by atoms with Crippen molar-refractivity contribution < 1.29 is 4.79 Å². The number of carbonyl (C=O) groups is 1. The highest BCUT2D eigenvalue weighted by atomic mass is 32.1. The second kappa shape index (κ2) is 3.24. The Balaban J connectivity index is 3.64. The van der Waals surface area contributed by atoms with Crippen LogP contribution in [0.2, 0.25) is 0 Å². The molecule has 0 aromatic heterocycles.